The van der Waals surface area contributed by atoms with Crippen molar-refractivity contribution in [3.63, 3.8) is 0 Å². The van der Waals surface area contributed by atoms with Crippen LogP contribution in [0.1, 0.15) is 0 Å². The molecule has 1 saturated heterocycles. The van der Waals surface area contributed by atoms with E-state index in [1.54, 1.807) is 18.2 Å². The van der Waals surface area contributed by atoms with E-state index in [4.69, 9.17) is 14.6 Å². The van der Waals surface area contributed by atoms with Gasteiger partial charge in [-0.1, -0.05) is 18.2 Å². The number of esters is 2. The summed E-state index contributed by atoms with van der Waals surface area (Å²) in [5.41, 5.74) is 0. The van der Waals surface area contributed by atoms with E-state index in [0.29, 0.717) is 0 Å². The molecule has 24 heavy (non-hydrogen) atoms. The molecule has 0 saturated carbocycles. The second kappa shape index (κ2) is 7.09. The molecule has 1 aromatic rings. The summed E-state index contributed by atoms with van der Waals surface area (Å²) in [6, 6.07) is 7.76. The quantitative estimate of drug-likeness (QED) is 0.558. The Bertz CT molecular complexity index is 654. The highest BCUT2D eigenvalue weighted by Gasteiger charge is 2.58. The van der Waals surface area contributed by atoms with Crippen LogP contribution in [0.5, 0.6) is 5.75 Å². The predicted octanol–water partition coefficient (Wildman–Crippen LogP) is -0.0660. The normalized spacial score (nSPS) is 25.7. The van der Waals surface area contributed by atoms with Crippen molar-refractivity contribution in [3.8, 4) is 5.75 Å². The number of hydrogen-bond acceptors (Lipinski definition) is 7. The zero-order valence-electron chi connectivity index (χ0n) is 12.4. The number of benzene rings is 1. The fourth-order valence-corrected chi connectivity index (χ4v) is 2.47. The number of ether oxygens (including phenoxy) is 3. The van der Waals surface area contributed by atoms with Gasteiger partial charge in [0.2, 0.25) is 0 Å². The van der Waals surface area contributed by atoms with Gasteiger partial charge in [-0.3, -0.25) is 9.59 Å². The minimum atomic E-state index is -1.83. The van der Waals surface area contributed by atoms with Crippen LogP contribution in [-0.4, -0.2) is 53.4 Å². The van der Waals surface area contributed by atoms with Gasteiger partial charge < -0.3 is 24.4 Å². The average molecular weight is 338 g/mol. The van der Waals surface area contributed by atoms with Gasteiger partial charge in [-0.05, 0) is 12.1 Å². The molecule has 0 spiro atoms. The molecule has 1 aliphatic heterocycles. The van der Waals surface area contributed by atoms with Crippen molar-refractivity contribution in [3.05, 3.63) is 30.3 Å². The second-order valence-electron chi connectivity index (χ2n) is 4.96. The first-order valence-corrected chi connectivity index (χ1v) is 6.82. The predicted molar refractivity (Wildman–Crippen MR) is 75.0 cm³/mol. The lowest BCUT2D eigenvalue weighted by Gasteiger charge is -2.16. The lowest BCUT2D eigenvalue weighted by atomic mass is 9.87. The van der Waals surface area contributed by atoms with E-state index < -0.39 is 47.9 Å². The fraction of sp³-hybridized carbons (Fsp3) is 0.333. The minimum Gasteiger partial charge on any atom is -0.481 e. The molecule has 1 aromatic carbocycles. The van der Waals surface area contributed by atoms with Crippen LogP contribution in [0.4, 0.5) is 0 Å². The van der Waals surface area contributed by atoms with Crippen LogP contribution in [-0.2, 0) is 28.7 Å². The topological polar surface area (TPSA) is 136 Å². The van der Waals surface area contributed by atoms with Crippen molar-refractivity contribution in [2.24, 2.45) is 11.8 Å². The SMILES string of the molecule is COC(=O)C1C(C(=O)O)OC(C(=O)Oc2ccccc2)C1C(=O)O. The number of carbonyl (C=O) groups excluding carboxylic acids is 2. The fourth-order valence-electron chi connectivity index (χ4n) is 2.47. The minimum absolute atomic E-state index is 0.128. The third-order valence-electron chi connectivity index (χ3n) is 3.53. The highest BCUT2D eigenvalue weighted by molar-refractivity contribution is 5.93. The summed E-state index contributed by atoms with van der Waals surface area (Å²) < 4.78 is 14.5. The van der Waals surface area contributed by atoms with Crippen LogP contribution in [0.2, 0.25) is 0 Å². The van der Waals surface area contributed by atoms with Crippen molar-refractivity contribution < 1.29 is 43.6 Å². The van der Waals surface area contributed by atoms with Gasteiger partial charge in [0.1, 0.15) is 17.6 Å². The number of para-hydroxylation sites is 1. The number of hydrogen-bond donors (Lipinski definition) is 2. The number of methoxy groups -OCH3 is 1. The van der Waals surface area contributed by atoms with Crippen LogP contribution in [0.3, 0.4) is 0 Å². The molecule has 0 radical (unpaired) electrons. The first kappa shape index (κ1) is 17.4. The Morgan fingerprint density at radius 2 is 1.54 bits per heavy atom. The molecule has 1 aliphatic rings. The van der Waals surface area contributed by atoms with Gasteiger partial charge in [0.15, 0.2) is 12.2 Å². The summed E-state index contributed by atoms with van der Waals surface area (Å²) >= 11 is 0. The lowest BCUT2D eigenvalue weighted by Crippen LogP contribution is -2.40. The molecule has 9 nitrogen and oxygen atoms in total. The van der Waals surface area contributed by atoms with Gasteiger partial charge in [-0.15, -0.1) is 0 Å². The number of aliphatic carboxylic acids is 2. The molecule has 1 fully saturated rings. The third kappa shape index (κ3) is 3.35. The Kier molecular flexibility index (Phi) is 5.14. The summed E-state index contributed by atoms with van der Waals surface area (Å²) in [7, 11) is 0.982. The second-order valence-corrected chi connectivity index (χ2v) is 4.96. The van der Waals surface area contributed by atoms with E-state index in [9.17, 15) is 24.3 Å². The van der Waals surface area contributed by atoms with Crippen LogP contribution >= 0.6 is 0 Å². The van der Waals surface area contributed by atoms with Crippen LogP contribution in [0.25, 0.3) is 0 Å². The van der Waals surface area contributed by atoms with Crippen molar-refractivity contribution in [2.75, 3.05) is 7.11 Å². The van der Waals surface area contributed by atoms with Gasteiger partial charge >= 0.3 is 23.9 Å². The van der Waals surface area contributed by atoms with E-state index >= 15 is 0 Å². The summed E-state index contributed by atoms with van der Waals surface area (Å²) in [5, 5.41) is 18.5. The monoisotopic (exact) mass is 338 g/mol. The first-order valence-electron chi connectivity index (χ1n) is 6.82. The van der Waals surface area contributed by atoms with E-state index in [2.05, 4.69) is 4.74 Å². The number of rotatable bonds is 5. The molecule has 0 aliphatic carbocycles. The highest BCUT2D eigenvalue weighted by atomic mass is 16.6. The maximum Gasteiger partial charge on any atom is 0.341 e. The zero-order chi connectivity index (χ0) is 17.9. The summed E-state index contributed by atoms with van der Waals surface area (Å²) in [6.07, 6.45) is -3.58. The number of carbonyl (C=O) groups is 4. The van der Waals surface area contributed by atoms with Gasteiger partial charge in [-0.2, -0.15) is 0 Å². The molecule has 128 valence electrons. The van der Waals surface area contributed by atoms with Crippen molar-refractivity contribution in [1.29, 1.82) is 0 Å². The van der Waals surface area contributed by atoms with Crippen LogP contribution in [0, 0.1) is 11.8 Å². The third-order valence-corrected chi connectivity index (χ3v) is 3.53. The maximum atomic E-state index is 12.2. The number of carboxylic acid groups (broad SMARTS) is 2. The largest absolute Gasteiger partial charge is 0.481 e. The smallest absolute Gasteiger partial charge is 0.341 e. The van der Waals surface area contributed by atoms with Crippen LogP contribution < -0.4 is 4.74 Å². The van der Waals surface area contributed by atoms with Gasteiger partial charge in [0, 0.05) is 0 Å². The van der Waals surface area contributed by atoms with E-state index in [1.807, 2.05) is 0 Å². The summed E-state index contributed by atoms with van der Waals surface area (Å²) in [5.74, 6) is -8.62. The lowest BCUT2D eigenvalue weighted by molar-refractivity contribution is -0.162. The Morgan fingerprint density at radius 1 is 0.917 bits per heavy atom. The van der Waals surface area contributed by atoms with E-state index in [0.717, 1.165) is 7.11 Å². The molecule has 0 bridgehead atoms. The first-order chi connectivity index (χ1) is 11.4. The Labute approximate surface area is 135 Å². The molecular weight excluding hydrogens is 324 g/mol. The molecule has 2 rings (SSSR count). The molecule has 4 atom stereocenters. The van der Waals surface area contributed by atoms with Gasteiger partial charge in [-0.25, -0.2) is 9.59 Å². The summed E-state index contributed by atoms with van der Waals surface area (Å²) in [4.78, 5) is 46.7. The maximum absolute atomic E-state index is 12.2. The molecule has 9 heteroatoms. The van der Waals surface area contributed by atoms with Crippen molar-refractivity contribution >= 4 is 23.9 Å². The van der Waals surface area contributed by atoms with Crippen LogP contribution in [0.15, 0.2) is 30.3 Å². The number of carboxylic acids is 2. The molecule has 4 unspecified atom stereocenters. The molecule has 2 N–H and O–H groups in total. The average Bonchev–Trinajstić information content (AvgIpc) is 2.96. The Hall–Kier alpha value is -2.94. The molecule has 1 heterocycles. The van der Waals surface area contributed by atoms with E-state index in [-0.39, 0.29) is 5.75 Å². The summed E-state index contributed by atoms with van der Waals surface area (Å²) in [6.45, 7) is 0. The van der Waals surface area contributed by atoms with E-state index in [1.165, 1.54) is 12.1 Å². The molecule has 0 aromatic heterocycles. The Morgan fingerprint density at radius 3 is 2.04 bits per heavy atom. The van der Waals surface area contributed by atoms with Gasteiger partial charge in [0.05, 0.1) is 7.11 Å². The highest BCUT2D eigenvalue weighted by Crippen LogP contribution is 2.35. The van der Waals surface area contributed by atoms with Crippen molar-refractivity contribution in [1.82, 2.24) is 0 Å². The standard InChI is InChI=1S/C15H14O9/c1-22-14(20)9-8(12(16)17)11(24-10(9)13(18)19)15(21)23-7-5-3-2-4-6-7/h2-6,8-11H,1H3,(H,16,17)(H,18,19). The zero-order valence-corrected chi connectivity index (χ0v) is 12.4. The Balaban J connectivity index is 2.30. The van der Waals surface area contributed by atoms with Gasteiger partial charge in [0.25, 0.3) is 0 Å². The van der Waals surface area contributed by atoms with Crippen molar-refractivity contribution in [2.45, 2.75) is 12.2 Å². The molecule has 0 amide bonds. The molecular formula is C15H14O9.